The van der Waals surface area contributed by atoms with Gasteiger partial charge in [-0.25, -0.2) is 4.39 Å². The highest BCUT2D eigenvalue weighted by atomic mass is 35.5. The van der Waals surface area contributed by atoms with Gasteiger partial charge in [0.25, 0.3) is 0 Å². The molecule has 1 aliphatic rings. The largest absolute Gasteiger partial charge is 0.325 e. The first kappa shape index (κ1) is 12.8. The predicted molar refractivity (Wildman–Crippen MR) is 69.7 cm³/mol. The molecule has 1 saturated carbocycles. The summed E-state index contributed by atoms with van der Waals surface area (Å²) >= 11 is 6.04. The fourth-order valence-electron chi connectivity index (χ4n) is 2.82. The molecule has 0 heterocycles. The molecule has 2 atom stereocenters. The number of benzene rings is 1. The quantitative estimate of drug-likeness (QED) is 0.870. The van der Waals surface area contributed by atoms with Crippen LogP contribution in [0.2, 0.25) is 5.02 Å². The first-order valence-electron chi connectivity index (χ1n) is 6.25. The molecule has 0 bridgehead atoms. The van der Waals surface area contributed by atoms with Crippen molar-refractivity contribution in [1.82, 2.24) is 0 Å². The van der Waals surface area contributed by atoms with Gasteiger partial charge in [-0.3, -0.25) is 0 Å². The molecule has 2 rings (SSSR count). The molecule has 1 fully saturated rings. The molecule has 0 radical (unpaired) electrons. The summed E-state index contributed by atoms with van der Waals surface area (Å²) in [5.74, 6) is 0.446. The molecule has 0 aromatic heterocycles. The second-order valence-electron chi connectivity index (χ2n) is 5.29. The Hall–Kier alpha value is -0.600. The van der Waals surface area contributed by atoms with Crippen LogP contribution in [0.15, 0.2) is 18.2 Å². The maximum atomic E-state index is 13.0. The maximum absolute atomic E-state index is 13.0. The summed E-state index contributed by atoms with van der Waals surface area (Å²) in [6.45, 7) is 2.21. The lowest BCUT2D eigenvalue weighted by Gasteiger charge is -2.25. The van der Waals surface area contributed by atoms with E-state index in [0.717, 1.165) is 30.7 Å². The Morgan fingerprint density at radius 3 is 2.88 bits per heavy atom. The number of hydrogen-bond donors (Lipinski definition) is 1. The molecular formula is C14H19ClFN. The first-order valence-corrected chi connectivity index (χ1v) is 6.63. The van der Waals surface area contributed by atoms with Crippen molar-refractivity contribution < 1.29 is 4.39 Å². The first-order chi connectivity index (χ1) is 8.02. The van der Waals surface area contributed by atoms with Gasteiger partial charge in [-0.15, -0.1) is 0 Å². The van der Waals surface area contributed by atoms with Gasteiger partial charge in [-0.1, -0.05) is 31.0 Å². The molecule has 1 aliphatic carbocycles. The van der Waals surface area contributed by atoms with Gasteiger partial charge >= 0.3 is 0 Å². The fraction of sp³-hybridized carbons (Fsp3) is 0.571. The lowest BCUT2D eigenvalue weighted by atomic mass is 9.89. The summed E-state index contributed by atoms with van der Waals surface area (Å²) in [6, 6.07) is 4.58. The molecule has 3 heteroatoms. The van der Waals surface area contributed by atoms with Gasteiger partial charge in [0.2, 0.25) is 0 Å². The molecule has 2 N–H and O–H groups in total. The SMILES string of the molecule is CCC1CCC(N)(Cc2ccc(F)cc2Cl)C1. The van der Waals surface area contributed by atoms with E-state index in [2.05, 4.69) is 6.92 Å². The van der Waals surface area contributed by atoms with Crippen molar-refractivity contribution in [2.45, 2.75) is 44.6 Å². The van der Waals surface area contributed by atoms with Crippen LogP contribution in [-0.4, -0.2) is 5.54 Å². The van der Waals surface area contributed by atoms with Gasteiger partial charge in [-0.05, 0) is 49.3 Å². The van der Waals surface area contributed by atoms with Crippen LogP contribution in [0.4, 0.5) is 4.39 Å². The fourth-order valence-corrected chi connectivity index (χ4v) is 3.06. The highest BCUT2D eigenvalue weighted by Gasteiger charge is 2.35. The van der Waals surface area contributed by atoms with Crippen molar-refractivity contribution in [3.63, 3.8) is 0 Å². The second-order valence-corrected chi connectivity index (χ2v) is 5.70. The van der Waals surface area contributed by atoms with Gasteiger partial charge in [0, 0.05) is 10.6 Å². The van der Waals surface area contributed by atoms with E-state index in [-0.39, 0.29) is 11.4 Å². The average molecular weight is 256 g/mol. The van der Waals surface area contributed by atoms with E-state index in [1.807, 2.05) is 0 Å². The van der Waals surface area contributed by atoms with E-state index in [1.165, 1.54) is 25.0 Å². The molecule has 1 aromatic rings. The minimum Gasteiger partial charge on any atom is -0.325 e. The molecule has 17 heavy (non-hydrogen) atoms. The maximum Gasteiger partial charge on any atom is 0.124 e. The van der Waals surface area contributed by atoms with E-state index < -0.39 is 0 Å². The van der Waals surface area contributed by atoms with E-state index in [0.29, 0.717) is 5.02 Å². The Bertz CT molecular complexity index is 407. The van der Waals surface area contributed by atoms with E-state index in [1.54, 1.807) is 6.07 Å². The molecule has 94 valence electrons. The van der Waals surface area contributed by atoms with Crippen LogP contribution in [-0.2, 0) is 6.42 Å². The van der Waals surface area contributed by atoms with Gasteiger partial charge in [0.1, 0.15) is 5.82 Å². The van der Waals surface area contributed by atoms with Crippen molar-refractivity contribution in [3.05, 3.63) is 34.6 Å². The Morgan fingerprint density at radius 1 is 1.53 bits per heavy atom. The van der Waals surface area contributed by atoms with Crippen molar-refractivity contribution in [3.8, 4) is 0 Å². The summed E-state index contributed by atoms with van der Waals surface area (Å²) in [4.78, 5) is 0. The zero-order chi connectivity index (χ0) is 12.5. The zero-order valence-corrected chi connectivity index (χ0v) is 10.9. The summed E-state index contributed by atoms with van der Waals surface area (Å²) in [7, 11) is 0. The van der Waals surface area contributed by atoms with E-state index in [9.17, 15) is 4.39 Å². The molecular weight excluding hydrogens is 237 g/mol. The third-order valence-electron chi connectivity index (χ3n) is 3.88. The number of hydrogen-bond acceptors (Lipinski definition) is 1. The summed E-state index contributed by atoms with van der Waals surface area (Å²) in [5.41, 5.74) is 7.23. The second kappa shape index (κ2) is 4.95. The Kier molecular flexibility index (Phi) is 3.74. The smallest absolute Gasteiger partial charge is 0.124 e. The Morgan fingerprint density at radius 2 is 2.29 bits per heavy atom. The van der Waals surface area contributed by atoms with Crippen LogP contribution in [0.3, 0.4) is 0 Å². The Labute approximate surface area is 107 Å². The van der Waals surface area contributed by atoms with Gasteiger partial charge in [0.15, 0.2) is 0 Å². The third kappa shape index (κ3) is 2.99. The predicted octanol–water partition coefficient (Wildman–Crippen LogP) is 3.93. The van der Waals surface area contributed by atoms with E-state index >= 15 is 0 Å². The number of rotatable bonds is 3. The molecule has 0 spiro atoms. The standard InChI is InChI=1S/C14H19ClFN/c1-2-10-5-6-14(17,8-10)9-11-3-4-12(16)7-13(11)15/h3-4,7,10H,2,5-6,8-9,17H2,1H3. The average Bonchev–Trinajstić information content (AvgIpc) is 2.65. The van der Waals surface area contributed by atoms with Crippen molar-refractivity contribution >= 4 is 11.6 Å². The van der Waals surface area contributed by atoms with Crippen LogP contribution < -0.4 is 5.73 Å². The lowest BCUT2D eigenvalue weighted by molar-refractivity contribution is 0.406. The number of halogens is 2. The normalized spacial score (nSPS) is 28.6. The molecule has 2 unspecified atom stereocenters. The highest BCUT2D eigenvalue weighted by molar-refractivity contribution is 6.31. The van der Waals surface area contributed by atoms with Crippen LogP contribution in [0.25, 0.3) is 0 Å². The van der Waals surface area contributed by atoms with Gasteiger partial charge in [-0.2, -0.15) is 0 Å². The molecule has 0 saturated heterocycles. The monoisotopic (exact) mass is 255 g/mol. The zero-order valence-electron chi connectivity index (χ0n) is 10.2. The minimum atomic E-state index is -0.289. The topological polar surface area (TPSA) is 26.0 Å². The van der Waals surface area contributed by atoms with Gasteiger partial charge < -0.3 is 5.73 Å². The van der Waals surface area contributed by atoms with Gasteiger partial charge in [0.05, 0.1) is 0 Å². The molecule has 1 nitrogen and oxygen atoms in total. The molecule has 0 amide bonds. The Balaban J connectivity index is 2.10. The highest BCUT2D eigenvalue weighted by Crippen LogP contribution is 2.37. The van der Waals surface area contributed by atoms with Crippen molar-refractivity contribution in [1.29, 1.82) is 0 Å². The van der Waals surface area contributed by atoms with Crippen LogP contribution in [0, 0.1) is 11.7 Å². The molecule has 0 aliphatic heterocycles. The van der Waals surface area contributed by atoms with Crippen molar-refractivity contribution in [2.75, 3.05) is 0 Å². The third-order valence-corrected chi connectivity index (χ3v) is 4.23. The van der Waals surface area contributed by atoms with Crippen LogP contribution in [0.1, 0.15) is 38.2 Å². The van der Waals surface area contributed by atoms with Crippen molar-refractivity contribution in [2.24, 2.45) is 11.7 Å². The minimum absolute atomic E-state index is 0.151. The van der Waals surface area contributed by atoms with E-state index in [4.69, 9.17) is 17.3 Å². The number of nitrogens with two attached hydrogens (primary N) is 1. The molecule has 1 aromatic carbocycles. The summed E-state index contributed by atoms with van der Waals surface area (Å²) < 4.78 is 13.0. The lowest BCUT2D eigenvalue weighted by Crippen LogP contribution is -2.39. The van der Waals surface area contributed by atoms with Crippen LogP contribution >= 0.6 is 11.6 Å². The summed E-state index contributed by atoms with van der Waals surface area (Å²) in [5, 5.41) is 0.495. The summed E-state index contributed by atoms with van der Waals surface area (Å²) in [6.07, 6.45) is 5.24. The van der Waals surface area contributed by atoms with Crippen LogP contribution in [0.5, 0.6) is 0 Å².